The Kier molecular flexibility index (Phi) is 5.23. The van der Waals surface area contributed by atoms with Crippen LogP contribution in [-0.4, -0.2) is 13.1 Å². The minimum absolute atomic E-state index is 1.12. The van der Waals surface area contributed by atoms with E-state index in [1.807, 2.05) is 0 Å². The fourth-order valence-corrected chi connectivity index (χ4v) is 2.74. The minimum atomic E-state index is 1.12. The van der Waals surface area contributed by atoms with E-state index >= 15 is 0 Å². The third-order valence-electron chi connectivity index (χ3n) is 3.67. The van der Waals surface area contributed by atoms with E-state index in [0.29, 0.717) is 0 Å². The average Bonchev–Trinajstić information content (AvgIpc) is 2.48. The lowest BCUT2D eigenvalue weighted by atomic mass is 9.98. The fourth-order valence-electron chi connectivity index (χ4n) is 2.74. The molecule has 0 atom stereocenters. The maximum atomic E-state index is 2.52. The van der Waals surface area contributed by atoms with Crippen molar-refractivity contribution in [1.29, 1.82) is 0 Å². The van der Waals surface area contributed by atoms with E-state index in [1.54, 1.807) is 0 Å². The van der Waals surface area contributed by atoms with Crippen LogP contribution in [0.5, 0.6) is 0 Å². The quantitative estimate of drug-likeness (QED) is 0.687. The summed E-state index contributed by atoms with van der Waals surface area (Å²) < 4.78 is 0. The van der Waals surface area contributed by atoms with Crippen LogP contribution in [0, 0.1) is 6.92 Å². The van der Waals surface area contributed by atoms with Crippen LogP contribution in [0.3, 0.4) is 0 Å². The van der Waals surface area contributed by atoms with Crippen LogP contribution < -0.4 is 4.90 Å². The molecule has 1 nitrogen and oxygen atoms in total. The van der Waals surface area contributed by atoms with Crippen LogP contribution in [0.15, 0.2) is 48.5 Å². The van der Waals surface area contributed by atoms with Gasteiger partial charge in [0, 0.05) is 24.3 Å². The number of aryl methyl sites for hydroxylation is 1. The van der Waals surface area contributed by atoms with E-state index in [4.69, 9.17) is 0 Å². The summed E-state index contributed by atoms with van der Waals surface area (Å²) >= 11 is 0. The second kappa shape index (κ2) is 7.14. The molecule has 106 valence electrons. The molecule has 0 saturated carbocycles. The zero-order valence-corrected chi connectivity index (χ0v) is 12.9. The average molecular weight is 267 g/mol. The molecule has 2 aromatic rings. The third kappa shape index (κ3) is 3.22. The Hall–Kier alpha value is -1.76. The number of hydrogen-bond acceptors (Lipinski definition) is 1. The number of nitrogens with zero attached hydrogens (tertiary/aromatic N) is 1. The van der Waals surface area contributed by atoms with Crippen molar-refractivity contribution in [2.75, 3.05) is 18.0 Å². The molecule has 0 heterocycles. The van der Waals surface area contributed by atoms with E-state index in [1.165, 1.54) is 35.2 Å². The molecule has 0 amide bonds. The molecule has 2 rings (SSSR count). The molecular formula is C19H25N. The first-order chi connectivity index (χ1) is 9.77. The first-order valence-corrected chi connectivity index (χ1v) is 7.67. The number of anilines is 1. The van der Waals surface area contributed by atoms with Gasteiger partial charge in [0.15, 0.2) is 0 Å². The molecule has 0 bridgehead atoms. The lowest BCUT2D eigenvalue weighted by Gasteiger charge is -2.27. The van der Waals surface area contributed by atoms with Crippen molar-refractivity contribution >= 4 is 5.69 Å². The number of benzene rings is 2. The summed E-state index contributed by atoms with van der Waals surface area (Å²) in [7, 11) is 0. The molecule has 0 fully saturated rings. The van der Waals surface area contributed by atoms with Crippen molar-refractivity contribution in [1.82, 2.24) is 0 Å². The Morgan fingerprint density at radius 1 is 0.750 bits per heavy atom. The lowest BCUT2D eigenvalue weighted by Crippen LogP contribution is -2.25. The molecule has 2 aromatic carbocycles. The number of rotatable bonds is 6. The Balaban J connectivity index is 2.47. The first kappa shape index (κ1) is 14.6. The highest BCUT2D eigenvalue weighted by Crippen LogP contribution is 2.32. The highest BCUT2D eigenvalue weighted by atomic mass is 15.1. The molecular weight excluding hydrogens is 242 g/mol. The van der Waals surface area contributed by atoms with E-state index in [9.17, 15) is 0 Å². The highest BCUT2D eigenvalue weighted by molar-refractivity contribution is 5.80. The van der Waals surface area contributed by atoms with Crippen molar-refractivity contribution in [3.63, 3.8) is 0 Å². The molecule has 0 aliphatic heterocycles. The van der Waals surface area contributed by atoms with Crippen LogP contribution >= 0.6 is 0 Å². The normalized spacial score (nSPS) is 10.6. The van der Waals surface area contributed by atoms with E-state index in [-0.39, 0.29) is 0 Å². The molecule has 0 N–H and O–H groups in total. The van der Waals surface area contributed by atoms with E-state index in [0.717, 1.165) is 13.1 Å². The van der Waals surface area contributed by atoms with Gasteiger partial charge in [-0.3, -0.25) is 0 Å². The molecule has 0 saturated heterocycles. The molecule has 20 heavy (non-hydrogen) atoms. The fraction of sp³-hybridized carbons (Fsp3) is 0.368. The zero-order chi connectivity index (χ0) is 14.4. The van der Waals surface area contributed by atoms with Gasteiger partial charge in [0.05, 0.1) is 0 Å². The van der Waals surface area contributed by atoms with Gasteiger partial charge in [-0.25, -0.2) is 0 Å². The Bertz CT molecular complexity index is 539. The summed E-state index contributed by atoms with van der Waals surface area (Å²) in [6, 6.07) is 17.4. The Labute approximate surface area is 123 Å². The van der Waals surface area contributed by atoms with Crippen LogP contribution in [0.4, 0.5) is 5.69 Å². The Morgan fingerprint density at radius 3 is 1.90 bits per heavy atom. The highest BCUT2D eigenvalue weighted by Gasteiger charge is 2.12. The van der Waals surface area contributed by atoms with Gasteiger partial charge in [-0.2, -0.15) is 0 Å². The SMILES string of the molecule is CCCN(CCC)c1ccccc1-c1ccccc1C. The van der Waals surface area contributed by atoms with Crippen molar-refractivity contribution in [2.45, 2.75) is 33.6 Å². The number of hydrogen-bond donors (Lipinski definition) is 0. The third-order valence-corrected chi connectivity index (χ3v) is 3.67. The van der Waals surface area contributed by atoms with Gasteiger partial charge in [0.1, 0.15) is 0 Å². The van der Waals surface area contributed by atoms with Crippen molar-refractivity contribution < 1.29 is 0 Å². The van der Waals surface area contributed by atoms with E-state index < -0.39 is 0 Å². The lowest BCUT2D eigenvalue weighted by molar-refractivity contribution is 0.745. The smallest absolute Gasteiger partial charge is 0.0445 e. The predicted octanol–water partition coefficient (Wildman–Crippen LogP) is 5.29. The van der Waals surface area contributed by atoms with E-state index in [2.05, 4.69) is 74.2 Å². The van der Waals surface area contributed by atoms with Crippen molar-refractivity contribution in [3.05, 3.63) is 54.1 Å². The zero-order valence-electron chi connectivity index (χ0n) is 12.9. The van der Waals surface area contributed by atoms with Crippen LogP contribution in [-0.2, 0) is 0 Å². The minimum Gasteiger partial charge on any atom is -0.371 e. The molecule has 0 radical (unpaired) electrons. The summed E-state index contributed by atoms with van der Waals surface area (Å²) in [5.74, 6) is 0. The van der Waals surface area contributed by atoms with Crippen LogP contribution in [0.25, 0.3) is 11.1 Å². The van der Waals surface area contributed by atoms with Gasteiger partial charge in [-0.1, -0.05) is 56.3 Å². The molecule has 0 spiro atoms. The molecule has 0 unspecified atom stereocenters. The topological polar surface area (TPSA) is 3.24 Å². The Morgan fingerprint density at radius 2 is 1.30 bits per heavy atom. The molecule has 1 heteroatoms. The summed E-state index contributed by atoms with van der Waals surface area (Å²) in [4.78, 5) is 2.52. The largest absolute Gasteiger partial charge is 0.371 e. The summed E-state index contributed by atoms with van der Waals surface area (Å²) in [6.07, 6.45) is 2.37. The number of para-hydroxylation sites is 1. The first-order valence-electron chi connectivity index (χ1n) is 7.67. The monoisotopic (exact) mass is 267 g/mol. The maximum absolute atomic E-state index is 2.52. The summed E-state index contributed by atoms with van der Waals surface area (Å²) in [5, 5.41) is 0. The van der Waals surface area contributed by atoms with Gasteiger partial charge in [0.2, 0.25) is 0 Å². The predicted molar refractivity (Wildman–Crippen MR) is 89.4 cm³/mol. The van der Waals surface area contributed by atoms with Gasteiger partial charge in [0.25, 0.3) is 0 Å². The molecule has 0 aromatic heterocycles. The van der Waals surface area contributed by atoms with Gasteiger partial charge < -0.3 is 4.90 Å². The summed E-state index contributed by atoms with van der Waals surface area (Å²) in [5.41, 5.74) is 5.41. The summed E-state index contributed by atoms with van der Waals surface area (Å²) in [6.45, 7) is 8.93. The van der Waals surface area contributed by atoms with Crippen LogP contribution in [0.2, 0.25) is 0 Å². The van der Waals surface area contributed by atoms with Gasteiger partial charge >= 0.3 is 0 Å². The van der Waals surface area contributed by atoms with Crippen molar-refractivity contribution in [2.24, 2.45) is 0 Å². The maximum Gasteiger partial charge on any atom is 0.0445 e. The molecule has 0 aliphatic carbocycles. The van der Waals surface area contributed by atoms with Crippen molar-refractivity contribution in [3.8, 4) is 11.1 Å². The van der Waals surface area contributed by atoms with Gasteiger partial charge in [-0.15, -0.1) is 0 Å². The van der Waals surface area contributed by atoms with Crippen LogP contribution in [0.1, 0.15) is 32.3 Å². The van der Waals surface area contributed by atoms with Gasteiger partial charge in [-0.05, 0) is 37.0 Å². The second-order valence-corrected chi connectivity index (χ2v) is 5.32. The molecule has 0 aliphatic rings. The standard InChI is InChI=1S/C19H25N/c1-4-14-20(15-5-2)19-13-9-8-12-18(19)17-11-7-6-10-16(17)3/h6-13H,4-5,14-15H2,1-3H3. The second-order valence-electron chi connectivity index (χ2n) is 5.32.